The van der Waals surface area contributed by atoms with Gasteiger partial charge in [0.15, 0.2) is 0 Å². The average Bonchev–Trinajstić information content (AvgIpc) is 2.52. The number of aliphatic hydroxyl groups excluding tert-OH is 2. The van der Waals surface area contributed by atoms with Gasteiger partial charge in [-0.3, -0.25) is 0 Å². The summed E-state index contributed by atoms with van der Waals surface area (Å²) in [4.78, 5) is 0. The molecule has 0 rings (SSSR count). The van der Waals surface area contributed by atoms with Crippen molar-refractivity contribution < 1.29 is 19.0 Å². The number of unbranched alkanes of at least 4 members (excludes halogenated alkanes) is 10. The largest absolute Gasteiger partial charge is 0.393 e. The Morgan fingerprint density at radius 2 is 1.25 bits per heavy atom. The van der Waals surface area contributed by atoms with E-state index in [1.807, 2.05) is 0 Å². The SMILES string of the molecule is CCCCCCCCCCCCCC(O)CC(O)C(NC)C(F)F. The fourth-order valence-corrected chi connectivity index (χ4v) is 3.07. The molecule has 0 saturated carbocycles. The van der Waals surface area contributed by atoms with Gasteiger partial charge < -0.3 is 15.5 Å². The molecule has 0 aliphatic carbocycles. The van der Waals surface area contributed by atoms with E-state index in [4.69, 9.17) is 0 Å². The first-order chi connectivity index (χ1) is 11.5. The highest BCUT2D eigenvalue weighted by Crippen LogP contribution is 2.16. The van der Waals surface area contributed by atoms with Crippen LogP contribution in [0, 0.1) is 0 Å². The Morgan fingerprint density at radius 3 is 1.67 bits per heavy atom. The first-order valence-electron chi connectivity index (χ1n) is 9.84. The fourth-order valence-electron chi connectivity index (χ4n) is 3.07. The Hall–Kier alpha value is -0.260. The summed E-state index contributed by atoms with van der Waals surface area (Å²) in [6.07, 6.45) is 9.71. The van der Waals surface area contributed by atoms with Gasteiger partial charge in [-0.05, 0) is 13.5 Å². The molecule has 0 aromatic heterocycles. The first kappa shape index (κ1) is 23.7. The van der Waals surface area contributed by atoms with Crippen LogP contribution in [-0.2, 0) is 0 Å². The zero-order valence-electron chi connectivity index (χ0n) is 15.7. The van der Waals surface area contributed by atoms with Crippen LogP contribution in [-0.4, -0.2) is 41.9 Å². The van der Waals surface area contributed by atoms with Gasteiger partial charge in [0.1, 0.15) is 0 Å². The minimum absolute atomic E-state index is 0.00755. The number of likely N-dealkylation sites (N-methyl/N-ethyl adjacent to an activating group) is 1. The van der Waals surface area contributed by atoms with Crippen LogP contribution < -0.4 is 5.32 Å². The summed E-state index contributed by atoms with van der Waals surface area (Å²) in [6.45, 7) is 2.23. The van der Waals surface area contributed by atoms with E-state index in [0.29, 0.717) is 6.42 Å². The summed E-state index contributed by atoms with van der Waals surface area (Å²) in [5.74, 6) is 0. The van der Waals surface area contributed by atoms with Gasteiger partial charge in [0.25, 0.3) is 6.43 Å². The van der Waals surface area contributed by atoms with Gasteiger partial charge in [-0.2, -0.15) is 0 Å². The Bertz CT molecular complexity index is 268. The topological polar surface area (TPSA) is 52.5 Å². The van der Waals surface area contributed by atoms with E-state index in [2.05, 4.69) is 12.2 Å². The number of hydrogen-bond acceptors (Lipinski definition) is 3. The normalized spacial score (nSPS) is 15.6. The standard InChI is InChI=1S/C19H39F2NO2/c1-3-4-5-6-7-8-9-10-11-12-13-14-16(23)15-17(24)18(22-2)19(20)21/h16-19,22-24H,3-15H2,1-2H3. The second-order valence-corrected chi connectivity index (χ2v) is 6.93. The van der Waals surface area contributed by atoms with Gasteiger partial charge in [0.05, 0.1) is 18.2 Å². The molecule has 3 N–H and O–H groups in total. The molecule has 5 heteroatoms. The zero-order valence-corrected chi connectivity index (χ0v) is 15.7. The minimum atomic E-state index is -2.63. The van der Waals surface area contributed by atoms with E-state index < -0.39 is 24.7 Å². The predicted octanol–water partition coefficient (Wildman–Crippen LogP) is 4.65. The summed E-state index contributed by atoms with van der Waals surface area (Å²) in [7, 11) is 1.40. The van der Waals surface area contributed by atoms with Crippen LogP contribution in [0.3, 0.4) is 0 Å². The number of aliphatic hydroxyl groups is 2. The molecule has 24 heavy (non-hydrogen) atoms. The van der Waals surface area contributed by atoms with Crippen LogP contribution >= 0.6 is 0 Å². The number of alkyl halides is 2. The highest BCUT2D eigenvalue weighted by atomic mass is 19.3. The maximum Gasteiger partial charge on any atom is 0.256 e. The average molecular weight is 352 g/mol. The molecule has 0 saturated heterocycles. The maximum atomic E-state index is 12.6. The number of halogens is 2. The van der Waals surface area contributed by atoms with Crippen LogP contribution in [0.2, 0.25) is 0 Å². The lowest BCUT2D eigenvalue weighted by molar-refractivity contribution is -0.00504. The molecule has 0 heterocycles. The van der Waals surface area contributed by atoms with E-state index in [-0.39, 0.29) is 6.42 Å². The molecule has 3 unspecified atom stereocenters. The first-order valence-corrected chi connectivity index (χ1v) is 9.84. The molecule has 0 fully saturated rings. The quantitative estimate of drug-likeness (QED) is 0.334. The Balaban J connectivity index is 3.47. The van der Waals surface area contributed by atoms with Crippen LogP contribution in [0.5, 0.6) is 0 Å². The highest BCUT2D eigenvalue weighted by Gasteiger charge is 2.28. The molecule has 0 aromatic carbocycles. The van der Waals surface area contributed by atoms with Crippen molar-refractivity contribution in [2.75, 3.05) is 7.05 Å². The van der Waals surface area contributed by atoms with Gasteiger partial charge in [-0.25, -0.2) is 8.78 Å². The molecule has 0 spiro atoms. The van der Waals surface area contributed by atoms with Gasteiger partial charge in [-0.1, -0.05) is 77.6 Å². The van der Waals surface area contributed by atoms with Crippen molar-refractivity contribution in [3.8, 4) is 0 Å². The lowest BCUT2D eigenvalue weighted by Crippen LogP contribution is -2.44. The molecular weight excluding hydrogens is 312 g/mol. The molecule has 0 bridgehead atoms. The Labute approximate surface area is 147 Å². The van der Waals surface area contributed by atoms with E-state index in [1.54, 1.807) is 0 Å². The summed E-state index contributed by atoms with van der Waals surface area (Å²) in [5, 5.41) is 22.0. The molecule has 3 nitrogen and oxygen atoms in total. The molecule has 0 radical (unpaired) electrons. The Morgan fingerprint density at radius 1 is 0.792 bits per heavy atom. The predicted molar refractivity (Wildman–Crippen MR) is 96.6 cm³/mol. The van der Waals surface area contributed by atoms with E-state index in [0.717, 1.165) is 12.8 Å². The number of hydrogen-bond donors (Lipinski definition) is 3. The number of nitrogens with one attached hydrogen (secondary N) is 1. The lowest BCUT2D eigenvalue weighted by atomic mass is 9.99. The molecule has 0 aromatic rings. The van der Waals surface area contributed by atoms with Crippen molar-refractivity contribution in [2.24, 2.45) is 0 Å². The van der Waals surface area contributed by atoms with Crippen LogP contribution in [0.4, 0.5) is 8.78 Å². The van der Waals surface area contributed by atoms with E-state index >= 15 is 0 Å². The van der Waals surface area contributed by atoms with Crippen LogP contribution in [0.15, 0.2) is 0 Å². The smallest absolute Gasteiger partial charge is 0.256 e. The zero-order chi connectivity index (χ0) is 18.2. The summed E-state index contributed by atoms with van der Waals surface area (Å²) >= 11 is 0. The third kappa shape index (κ3) is 13.1. The van der Waals surface area contributed by atoms with Crippen molar-refractivity contribution >= 4 is 0 Å². The van der Waals surface area contributed by atoms with Gasteiger partial charge >= 0.3 is 0 Å². The second-order valence-electron chi connectivity index (χ2n) is 6.93. The van der Waals surface area contributed by atoms with E-state index in [1.165, 1.54) is 64.8 Å². The summed E-state index contributed by atoms with van der Waals surface area (Å²) < 4.78 is 25.3. The van der Waals surface area contributed by atoms with Gasteiger partial charge in [-0.15, -0.1) is 0 Å². The summed E-state index contributed by atoms with van der Waals surface area (Å²) in [6, 6.07) is -1.27. The van der Waals surface area contributed by atoms with Gasteiger partial charge in [0, 0.05) is 6.42 Å². The maximum absolute atomic E-state index is 12.6. The lowest BCUT2D eigenvalue weighted by Gasteiger charge is -2.23. The van der Waals surface area contributed by atoms with Crippen LogP contribution in [0.1, 0.15) is 90.4 Å². The number of rotatable bonds is 17. The van der Waals surface area contributed by atoms with Crippen molar-refractivity contribution in [3.63, 3.8) is 0 Å². The molecule has 0 aliphatic rings. The van der Waals surface area contributed by atoms with E-state index in [9.17, 15) is 19.0 Å². The third-order valence-electron chi connectivity index (χ3n) is 4.67. The molecule has 146 valence electrons. The third-order valence-corrected chi connectivity index (χ3v) is 4.67. The highest BCUT2D eigenvalue weighted by molar-refractivity contribution is 4.79. The molecule has 0 aliphatic heterocycles. The van der Waals surface area contributed by atoms with Gasteiger partial charge in [0.2, 0.25) is 0 Å². The molecule has 0 amide bonds. The summed E-state index contributed by atoms with van der Waals surface area (Å²) in [5.41, 5.74) is 0. The van der Waals surface area contributed by atoms with Crippen molar-refractivity contribution in [2.45, 2.75) is 115 Å². The van der Waals surface area contributed by atoms with Crippen molar-refractivity contribution in [3.05, 3.63) is 0 Å². The fraction of sp³-hybridized carbons (Fsp3) is 1.00. The van der Waals surface area contributed by atoms with Crippen molar-refractivity contribution in [1.29, 1.82) is 0 Å². The van der Waals surface area contributed by atoms with Crippen molar-refractivity contribution in [1.82, 2.24) is 5.32 Å². The van der Waals surface area contributed by atoms with Crippen LogP contribution in [0.25, 0.3) is 0 Å². The molecular formula is C19H39F2NO2. The Kier molecular flexibility index (Phi) is 16.0. The second kappa shape index (κ2) is 16.2. The monoisotopic (exact) mass is 351 g/mol. The minimum Gasteiger partial charge on any atom is -0.393 e. The molecule has 3 atom stereocenters.